The Morgan fingerprint density at radius 3 is 2.42 bits per heavy atom. The lowest BCUT2D eigenvalue weighted by Crippen LogP contribution is -2.47. The first-order chi connectivity index (χ1) is 9.07. The summed E-state index contributed by atoms with van der Waals surface area (Å²) in [6, 6.07) is 2.60. The maximum atomic E-state index is 12.5. The second kappa shape index (κ2) is 5.94. The van der Waals surface area contributed by atoms with Gasteiger partial charge >= 0.3 is 0 Å². The molecule has 3 nitrogen and oxygen atoms in total. The summed E-state index contributed by atoms with van der Waals surface area (Å²) in [4.78, 5) is 12.5. The van der Waals surface area contributed by atoms with Crippen molar-refractivity contribution >= 4 is 5.91 Å². The van der Waals surface area contributed by atoms with Crippen molar-refractivity contribution in [3.8, 4) is 6.07 Å². The Bertz CT molecular complexity index is 365. The Hall–Kier alpha value is -1.04. The van der Waals surface area contributed by atoms with E-state index in [2.05, 4.69) is 25.2 Å². The molecule has 1 N–H and O–H groups in total. The van der Waals surface area contributed by atoms with E-state index in [0.29, 0.717) is 5.92 Å². The molecule has 0 aliphatic heterocycles. The zero-order valence-corrected chi connectivity index (χ0v) is 12.2. The maximum absolute atomic E-state index is 12.5. The predicted octanol–water partition coefficient (Wildman–Crippen LogP) is 3.40. The molecule has 0 spiro atoms. The van der Waals surface area contributed by atoms with Crippen LogP contribution in [0, 0.1) is 28.6 Å². The van der Waals surface area contributed by atoms with Gasteiger partial charge in [0, 0.05) is 6.04 Å². The first kappa shape index (κ1) is 14.4. The highest BCUT2D eigenvalue weighted by Gasteiger charge is 2.41. The molecule has 106 valence electrons. The SMILES string of the molecule is CC1CCC(NC(=O)C2(C#N)CCCCC2)CC1C. The van der Waals surface area contributed by atoms with E-state index in [9.17, 15) is 10.1 Å². The zero-order chi connectivity index (χ0) is 13.9. The average Bonchev–Trinajstić information content (AvgIpc) is 2.43. The molecular formula is C16H26N2O. The Morgan fingerprint density at radius 1 is 1.16 bits per heavy atom. The molecular weight excluding hydrogens is 236 g/mol. The molecule has 2 saturated carbocycles. The third kappa shape index (κ3) is 3.11. The molecule has 0 radical (unpaired) electrons. The number of carbonyl (C=O) groups is 1. The molecule has 0 heterocycles. The fourth-order valence-electron chi connectivity index (χ4n) is 3.55. The molecule has 1 amide bonds. The van der Waals surface area contributed by atoms with Gasteiger partial charge in [-0.3, -0.25) is 4.79 Å². The molecule has 2 fully saturated rings. The Morgan fingerprint density at radius 2 is 1.84 bits per heavy atom. The largest absolute Gasteiger partial charge is 0.352 e. The summed E-state index contributed by atoms with van der Waals surface area (Å²) in [6.07, 6.45) is 7.99. The number of nitrogens with one attached hydrogen (secondary N) is 1. The summed E-state index contributed by atoms with van der Waals surface area (Å²) < 4.78 is 0. The fourth-order valence-corrected chi connectivity index (χ4v) is 3.55. The van der Waals surface area contributed by atoms with Crippen LogP contribution in [0.5, 0.6) is 0 Å². The van der Waals surface area contributed by atoms with Crippen LogP contribution >= 0.6 is 0 Å². The quantitative estimate of drug-likeness (QED) is 0.829. The Kier molecular flexibility index (Phi) is 4.50. The van der Waals surface area contributed by atoms with Crippen LogP contribution in [0.15, 0.2) is 0 Å². The molecule has 0 bridgehead atoms. The lowest BCUT2D eigenvalue weighted by molar-refractivity contribution is -0.130. The van der Waals surface area contributed by atoms with Crippen molar-refractivity contribution in [2.24, 2.45) is 17.3 Å². The van der Waals surface area contributed by atoms with Gasteiger partial charge in [-0.15, -0.1) is 0 Å². The van der Waals surface area contributed by atoms with Crippen LogP contribution in [0.3, 0.4) is 0 Å². The summed E-state index contributed by atoms with van der Waals surface area (Å²) in [5.74, 6) is 1.43. The van der Waals surface area contributed by atoms with Crippen molar-refractivity contribution in [2.45, 2.75) is 71.3 Å². The standard InChI is InChI=1S/C16H26N2O/c1-12-6-7-14(10-13(12)2)18-15(19)16(11-17)8-4-3-5-9-16/h12-14H,3-10H2,1-2H3,(H,18,19). The number of carbonyl (C=O) groups excluding carboxylic acids is 1. The normalized spacial score (nSPS) is 34.3. The highest BCUT2D eigenvalue weighted by Crippen LogP contribution is 2.37. The molecule has 2 aliphatic carbocycles. The van der Waals surface area contributed by atoms with Gasteiger partial charge < -0.3 is 5.32 Å². The van der Waals surface area contributed by atoms with Crippen LogP contribution in [-0.4, -0.2) is 11.9 Å². The van der Waals surface area contributed by atoms with Gasteiger partial charge in [0.1, 0.15) is 5.41 Å². The van der Waals surface area contributed by atoms with Crippen molar-refractivity contribution < 1.29 is 4.79 Å². The zero-order valence-electron chi connectivity index (χ0n) is 12.2. The van der Waals surface area contributed by atoms with E-state index in [4.69, 9.17) is 0 Å². The van der Waals surface area contributed by atoms with E-state index >= 15 is 0 Å². The minimum absolute atomic E-state index is 0.00135. The second-order valence-corrected chi connectivity index (χ2v) is 6.69. The highest BCUT2D eigenvalue weighted by atomic mass is 16.2. The number of nitriles is 1. The Balaban J connectivity index is 1.95. The topological polar surface area (TPSA) is 52.9 Å². The van der Waals surface area contributed by atoms with Gasteiger partial charge in [-0.05, 0) is 43.9 Å². The predicted molar refractivity (Wildman–Crippen MR) is 75.2 cm³/mol. The smallest absolute Gasteiger partial charge is 0.240 e. The van der Waals surface area contributed by atoms with Crippen LogP contribution in [0.1, 0.15) is 65.2 Å². The summed E-state index contributed by atoms with van der Waals surface area (Å²) in [7, 11) is 0. The van der Waals surface area contributed by atoms with Crippen molar-refractivity contribution in [3.63, 3.8) is 0 Å². The van der Waals surface area contributed by atoms with Crippen LogP contribution in [-0.2, 0) is 4.79 Å². The highest BCUT2D eigenvalue weighted by molar-refractivity contribution is 5.85. The van der Waals surface area contributed by atoms with E-state index in [-0.39, 0.29) is 11.9 Å². The first-order valence-electron chi connectivity index (χ1n) is 7.79. The molecule has 3 heteroatoms. The van der Waals surface area contributed by atoms with E-state index in [1.54, 1.807) is 0 Å². The lowest BCUT2D eigenvalue weighted by Gasteiger charge is -2.36. The monoisotopic (exact) mass is 262 g/mol. The van der Waals surface area contributed by atoms with E-state index < -0.39 is 5.41 Å². The van der Waals surface area contributed by atoms with Crippen LogP contribution in [0.2, 0.25) is 0 Å². The number of nitrogens with zero attached hydrogens (tertiary/aromatic N) is 1. The lowest BCUT2D eigenvalue weighted by atomic mass is 9.73. The van der Waals surface area contributed by atoms with Gasteiger partial charge in [-0.2, -0.15) is 5.26 Å². The summed E-state index contributed by atoms with van der Waals surface area (Å²) in [5, 5.41) is 12.6. The summed E-state index contributed by atoms with van der Waals surface area (Å²) >= 11 is 0. The van der Waals surface area contributed by atoms with Crippen molar-refractivity contribution in [3.05, 3.63) is 0 Å². The molecule has 19 heavy (non-hydrogen) atoms. The van der Waals surface area contributed by atoms with Crippen LogP contribution in [0.25, 0.3) is 0 Å². The molecule has 3 unspecified atom stereocenters. The molecule has 0 aromatic rings. The van der Waals surface area contributed by atoms with Crippen LogP contribution < -0.4 is 5.32 Å². The van der Waals surface area contributed by atoms with Crippen molar-refractivity contribution in [1.29, 1.82) is 5.26 Å². The fraction of sp³-hybridized carbons (Fsp3) is 0.875. The minimum Gasteiger partial charge on any atom is -0.352 e. The van der Waals surface area contributed by atoms with Gasteiger partial charge in [0.15, 0.2) is 0 Å². The van der Waals surface area contributed by atoms with E-state index in [1.165, 1.54) is 6.42 Å². The van der Waals surface area contributed by atoms with Crippen molar-refractivity contribution in [1.82, 2.24) is 5.32 Å². The molecule has 2 aliphatic rings. The number of hydrogen-bond acceptors (Lipinski definition) is 2. The molecule has 0 saturated heterocycles. The average molecular weight is 262 g/mol. The maximum Gasteiger partial charge on any atom is 0.240 e. The Labute approximate surface area is 116 Å². The molecule has 0 aromatic carbocycles. The van der Waals surface area contributed by atoms with Crippen molar-refractivity contribution in [2.75, 3.05) is 0 Å². The third-order valence-electron chi connectivity index (χ3n) is 5.29. The molecule has 0 aromatic heterocycles. The first-order valence-corrected chi connectivity index (χ1v) is 7.79. The minimum atomic E-state index is -0.732. The van der Waals surface area contributed by atoms with Gasteiger partial charge in [0.2, 0.25) is 5.91 Å². The summed E-state index contributed by atoms with van der Waals surface area (Å²) in [6.45, 7) is 4.56. The van der Waals surface area contributed by atoms with Gasteiger partial charge in [0.25, 0.3) is 0 Å². The van der Waals surface area contributed by atoms with Gasteiger partial charge in [0.05, 0.1) is 6.07 Å². The third-order valence-corrected chi connectivity index (χ3v) is 5.29. The number of hydrogen-bond donors (Lipinski definition) is 1. The second-order valence-electron chi connectivity index (χ2n) is 6.69. The number of rotatable bonds is 2. The molecule has 2 rings (SSSR count). The number of amides is 1. The van der Waals surface area contributed by atoms with E-state index in [1.807, 2.05) is 0 Å². The summed E-state index contributed by atoms with van der Waals surface area (Å²) in [5.41, 5.74) is -0.732. The van der Waals surface area contributed by atoms with Gasteiger partial charge in [-0.1, -0.05) is 33.1 Å². The van der Waals surface area contributed by atoms with E-state index in [0.717, 1.165) is 50.9 Å². The van der Waals surface area contributed by atoms with Gasteiger partial charge in [-0.25, -0.2) is 0 Å². The molecule has 3 atom stereocenters. The van der Waals surface area contributed by atoms with Crippen LogP contribution in [0.4, 0.5) is 0 Å².